The molecule has 1 atom stereocenters. The number of halogens is 1. The second-order valence-electron chi connectivity index (χ2n) is 11.6. The number of sulfone groups is 1. The summed E-state index contributed by atoms with van der Waals surface area (Å²) in [7, 11) is -3.07. The molecule has 3 aliphatic rings. The summed E-state index contributed by atoms with van der Waals surface area (Å²) < 4.78 is 38.3. The van der Waals surface area contributed by atoms with Gasteiger partial charge in [0.1, 0.15) is 22.2 Å². The fourth-order valence-corrected chi connectivity index (χ4v) is 7.43. The van der Waals surface area contributed by atoms with Crippen LogP contribution in [0.25, 0.3) is 11.1 Å². The Kier molecular flexibility index (Phi) is 7.80. The maximum atomic E-state index is 14.5. The number of aromatic nitrogens is 2. The third kappa shape index (κ3) is 5.93. The number of rotatable bonds is 6. The fourth-order valence-electron chi connectivity index (χ4n) is 6.37. The Bertz CT molecular complexity index is 1640. The molecule has 2 aromatic carbocycles. The van der Waals surface area contributed by atoms with Crippen LogP contribution in [-0.2, 0) is 21.2 Å². The number of fused-ring (bicyclic) bond motifs is 1. The molecule has 1 aromatic heterocycles. The predicted octanol–water partition coefficient (Wildman–Crippen LogP) is 2.99. The Hall–Kier alpha value is -4.06. The molecule has 12 heteroatoms. The molecule has 43 heavy (non-hydrogen) atoms. The summed E-state index contributed by atoms with van der Waals surface area (Å²) in [6.45, 7) is 5.15. The number of amides is 2. The SMILES string of the molecule is CC1CN(c2ccc(F)cc2-c2cnc(N3CCC(S(C)(=O)=O)CC3)nc2)CCN1C(=O)CN1Cc2ccccc2C1=O. The third-order valence-corrected chi connectivity index (χ3v) is 10.4. The molecule has 226 valence electrons. The van der Waals surface area contributed by atoms with Crippen LogP contribution in [0.5, 0.6) is 0 Å². The van der Waals surface area contributed by atoms with Gasteiger partial charge in [-0.1, -0.05) is 18.2 Å². The molecule has 0 aliphatic carbocycles. The van der Waals surface area contributed by atoms with E-state index in [0.29, 0.717) is 74.7 Å². The quantitative estimate of drug-likeness (QED) is 0.422. The number of hydrogen-bond donors (Lipinski definition) is 0. The monoisotopic (exact) mass is 606 g/mol. The molecule has 2 amide bonds. The Morgan fingerprint density at radius 3 is 2.37 bits per heavy atom. The van der Waals surface area contributed by atoms with Crippen molar-refractivity contribution in [1.29, 1.82) is 0 Å². The molecule has 0 radical (unpaired) electrons. The first kappa shape index (κ1) is 29.0. The third-order valence-electron chi connectivity index (χ3n) is 8.75. The number of nitrogens with zero attached hydrogens (tertiary/aromatic N) is 6. The highest BCUT2D eigenvalue weighted by Crippen LogP contribution is 2.33. The normalized spacial score (nSPS) is 19.6. The Balaban J connectivity index is 1.12. The van der Waals surface area contributed by atoms with Gasteiger partial charge in [0.25, 0.3) is 5.91 Å². The van der Waals surface area contributed by atoms with E-state index < -0.39 is 9.84 Å². The zero-order valence-electron chi connectivity index (χ0n) is 24.3. The maximum Gasteiger partial charge on any atom is 0.254 e. The highest BCUT2D eigenvalue weighted by Gasteiger charge is 2.33. The lowest BCUT2D eigenvalue weighted by Crippen LogP contribution is -2.56. The maximum absolute atomic E-state index is 14.5. The molecule has 10 nitrogen and oxygen atoms in total. The summed E-state index contributed by atoms with van der Waals surface area (Å²) in [6.07, 6.45) is 5.71. The van der Waals surface area contributed by atoms with Crippen molar-refractivity contribution in [2.75, 3.05) is 55.3 Å². The first-order chi connectivity index (χ1) is 20.6. The lowest BCUT2D eigenvalue weighted by atomic mass is 10.0. The first-order valence-corrected chi connectivity index (χ1v) is 16.5. The van der Waals surface area contributed by atoms with Gasteiger partial charge >= 0.3 is 0 Å². The molecule has 6 rings (SSSR count). The summed E-state index contributed by atoms with van der Waals surface area (Å²) in [5, 5.41) is -0.337. The molecule has 2 saturated heterocycles. The molecule has 4 heterocycles. The van der Waals surface area contributed by atoms with Crippen molar-refractivity contribution < 1.29 is 22.4 Å². The number of piperazine rings is 1. The highest BCUT2D eigenvalue weighted by atomic mass is 32.2. The minimum Gasteiger partial charge on any atom is -0.367 e. The average Bonchev–Trinajstić information content (AvgIpc) is 3.31. The number of hydrogen-bond acceptors (Lipinski definition) is 8. The molecule has 0 saturated carbocycles. The smallest absolute Gasteiger partial charge is 0.254 e. The minimum atomic E-state index is -3.07. The van der Waals surface area contributed by atoms with Gasteiger partial charge in [0.05, 0.1) is 5.25 Å². The van der Waals surface area contributed by atoms with E-state index in [1.807, 2.05) is 34.9 Å². The van der Waals surface area contributed by atoms with E-state index in [0.717, 1.165) is 11.3 Å². The molecule has 0 N–H and O–H groups in total. The summed E-state index contributed by atoms with van der Waals surface area (Å²) in [5.41, 5.74) is 3.76. The Morgan fingerprint density at radius 2 is 1.70 bits per heavy atom. The summed E-state index contributed by atoms with van der Waals surface area (Å²) in [4.78, 5) is 42.7. The van der Waals surface area contributed by atoms with Crippen molar-refractivity contribution in [3.63, 3.8) is 0 Å². The molecule has 3 aromatic rings. The van der Waals surface area contributed by atoms with Crippen LogP contribution in [0.4, 0.5) is 16.0 Å². The van der Waals surface area contributed by atoms with Gasteiger partial charge < -0.3 is 19.6 Å². The second-order valence-corrected chi connectivity index (χ2v) is 14.0. The zero-order chi connectivity index (χ0) is 30.3. The van der Waals surface area contributed by atoms with Gasteiger partial charge in [0, 0.05) is 86.3 Å². The van der Waals surface area contributed by atoms with E-state index in [-0.39, 0.29) is 35.5 Å². The zero-order valence-corrected chi connectivity index (χ0v) is 25.1. The van der Waals surface area contributed by atoms with E-state index in [1.54, 1.807) is 29.4 Å². The van der Waals surface area contributed by atoms with Crippen molar-refractivity contribution in [2.45, 2.75) is 37.6 Å². The lowest BCUT2D eigenvalue weighted by Gasteiger charge is -2.42. The number of anilines is 2. The van der Waals surface area contributed by atoms with Crippen molar-refractivity contribution in [3.8, 4) is 11.1 Å². The molecule has 0 bridgehead atoms. The molecule has 2 fully saturated rings. The van der Waals surface area contributed by atoms with Crippen LogP contribution in [0.2, 0.25) is 0 Å². The lowest BCUT2D eigenvalue weighted by molar-refractivity contribution is -0.134. The van der Waals surface area contributed by atoms with Crippen molar-refractivity contribution >= 4 is 33.3 Å². The second kappa shape index (κ2) is 11.6. The number of carbonyl (C=O) groups excluding carboxylic acids is 2. The van der Waals surface area contributed by atoms with Gasteiger partial charge in [0.15, 0.2) is 0 Å². The van der Waals surface area contributed by atoms with Gasteiger partial charge in [0.2, 0.25) is 11.9 Å². The van der Waals surface area contributed by atoms with E-state index in [1.165, 1.54) is 18.4 Å². The Labute approximate surface area is 251 Å². The molecule has 1 unspecified atom stereocenters. The van der Waals surface area contributed by atoms with Gasteiger partial charge in [-0.15, -0.1) is 0 Å². The largest absolute Gasteiger partial charge is 0.367 e. The minimum absolute atomic E-state index is 0.0370. The summed E-state index contributed by atoms with van der Waals surface area (Å²) in [5.74, 6) is -0.0483. The van der Waals surface area contributed by atoms with Gasteiger partial charge in [-0.25, -0.2) is 22.8 Å². The average molecular weight is 607 g/mol. The molecular formula is C31H35FN6O4S. The molecular weight excluding hydrogens is 571 g/mol. The number of carbonyl (C=O) groups is 2. The fraction of sp³-hybridized carbons (Fsp3) is 0.419. The Morgan fingerprint density at radius 1 is 0.977 bits per heavy atom. The summed E-state index contributed by atoms with van der Waals surface area (Å²) >= 11 is 0. The highest BCUT2D eigenvalue weighted by molar-refractivity contribution is 7.91. The van der Waals surface area contributed by atoms with Crippen LogP contribution < -0.4 is 9.80 Å². The molecule has 0 spiro atoms. The van der Waals surface area contributed by atoms with Gasteiger partial charge in [-0.2, -0.15) is 0 Å². The van der Waals surface area contributed by atoms with Crippen LogP contribution in [0.15, 0.2) is 54.9 Å². The topological polar surface area (TPSA) is 107 Å². The van der Waals surface area contributed by atoms with Crippen LogP contribution in [0.3, 0.4) is 0 Å². The van der Waals surface area contributed by atoms with Gasteiger partial charge in [-0.3, -0.25) is 9.59 Å². The summed E-state index contributed by atoms with van der Waals surface area (Å²) in [6, 6.07) is 12.0. The van der Waals surface area contributed by atoms with Crippen molar-refractivity contribution in [3.05, 3.63) is 71.8 Å². The molecule has 3 aliphatic heterocycles. The number of piperidine rings is 1. The number of benzene rings is 2. The van der Waals surface area contributed by atoms with E-state index in [9.17, 15) is 22.4 Å². The van der Waals surface area contributed by atoms with Crippen molar-refractivity contribution in [1.82, 2.24) is 19.8 Å². The van der Waals surface area contributed by atoms with Crippen LogP contribution >= 0.6 is 0 Å². The van der Waals surface area contributed by atoms with E-state index in [2.05, 4.69) is 14.9 Å². The van der Waals surface area contributed by atoms with E-state index >= 15 is 0 Å². The van der Waals surface area contributed by atoms with Crippen LogP contribution in [0.1, 0.15) is 35.7 Å². The van der Waals surface area contributed by atoms with Crippen LogP contribution in [0, 0.1) is 5.82 Å². The van der Waals surface area contributed by atoms with Gasteiger partial charge in [-0.05, 0) is 49.6 Å². The standard InChI is InChI=1S/C31H35FN6O4S/c1-21-18-36(13-14-38(21)29(39)20-37-19-22-5-3-4-6-26(22)30(37)40)28-8-7-24(32)15-27(28)23-16-33-31(34-17-23)35-11-9-25(10-12-35)43(2,41)42/h3-8,15-17,21,25H,9-14,18-20H2,1-2H3. The van der Waals surface area contributed by atoms with Crippen LogP contribution in [-0.4, -0.2) is 96.8 Å². The first-order valence-electron chi connectivity index (χ1n) is 14.6. The van der Waals surface area contributed by atoms with Crippen molar-refractivity contribution in [2.24, 2.45) is 0 Å². The van der Waals surface area contributed by atoms with E-state index in [4.69, 9.17) is 0 Å². The predicted molar refractivity (Wildman–Crippen MR) is 162 cm³/mol.